The molecule has 3 nitrogen and oxygen atoms in total. The second kappa shape index (κ2) is 11.6. The maximum atomic E-state index is 5.84. The Morgan fingerprint density at radius 2 is 2.12 bits per heavy atom. The molecule has 0 N–H and O–H groups in total. The molecule has 0 saturated heterocycles. The van der Waals surface area contributed by atoms with Crippen molar-refractivity contribution >= 4 is 17.0 Å². The van der Waals surface area contributed by atoms with Gasteiger partial charge in [-0.25, -0.2) is 9.97 Å². The van der Waals surface area contributed by atoms with Crippen molar-refractivity contribution in [2.45, 2.75) is 64.9 Å². The number of nitrogens with zero attached hydrogens (tertiary/aromatic N) is 2. The molecule has 0 radical (unpaired) electrons. The molecular weight excluding hydrogens is 320 g/mol. The van der Waals surface area contributed by atoms with Gasteiger partial charge < -0.3 is 4.74 Å². The first-order valence-electron chi connectivity index (χ1n) is 9.87. The molecule has 0 amide bonds. The van der Waals surface area contributed by atoms with Gasteiger partial charge in [0.15, 0.2) is 0 Å². The number of hydrogen-bond acceptors (Lipinski definition) is 3. The molecule has 1 aromatic carbocycles. The zero-order valence-electron chi connectivity index (χ0n) is 16.3. The fourth-order valence-electron chi connectivity index (χ4n) is 2.88. The summed E-state index contributed by atoms with van der Waals surface area (Å²) in [5.74, 6) is 0.821. The van der Waals surface area contributed by atoms with Crippen molar-refractivity contribution < 1.29 is 4.74 Å². The van der Waals surface area contributed by atoms with Gasteiger partial charge in [0.1, 0.15) is 5.82 Å². The van der Waals surface area contributed by atoms with Crippen LogP contribution in [0, 0.1) is 0 Å². The maximum absolute atomic E-state index is 5.84. The summed E-state index contributed by atoms with van der Waals surface area (Å²) in [5.41, 5.74) is 2.18. The number of hydrogen-bond donors (Lipinski definition) is 0. The third kappa shape index (κ3) is 7.09. The largest absolute Gasteiger partial charge is 0.379 e. The molecule has 2 rings (SSSR count). The minimum atomic E-state index is 0.364. The van der Waals surface area contributed by atoms with E-state index in [1.165, 1.54) is 24.8 Å². The number of benzene rings is 1. The summed E-state index contributed by atoms with van der Waals surface area (Å²) in [6.07, 6.45) is 16.3. The number of ether oxygens (including phenoxy) is 1. The standard InChI is InChI=1S/C23H32N2O/c1-4-6-10-16-26-19(3)12-8-7-9-13-20-14-15-22-21(17-20)18-24-23(25-22)11-5-2/h5,9,13-15,17-19H,2,4,6-8,10-12,16H2,1,3H3/b13-9+. The summed E-state index contributed by atoms with van der Waals surface area (Å²) < 4.78 is 5.84. The Hall–Kier alpha value is -2.00. The molecule has 1 unspecified atom stereocenters. The highest BCUT2D eigenvalue weighted by atomic mass is 16.5. The van der Waals surface area contributed by atoms with E-state index >= 15 is 0 Å². The summed E-state index contributed by atoms with van der Waals surface area (Å²) in [4.78, 5) is 8.93. The van der Waals surface area contributed by atoms with Crippen molar-refractivity contribution in [3.05, 3.63) is 54.5 Å². The summed E-state index contributed by atoms with van der Waals surface area (Å²) in [5, 5.41) is 1.08. The number of allylic oxidation sites excluding steroid dienone is 2. The molecule has 0 aliphatic rings. The highest BCUT2D eigenvalue weighted by Crippen LogP contribution is 2.15. The van der Waals surface area contributed by atoms with Crippen LogP contribution in [0.3, 0.4) is 0 Å². The van der Waals surface area contributed by atoms with Crippen LogP contribution in [-0.4, -0.2) is 22.7 Å². The minimum Gasteiger partial charge on any atom is -0.379 e. The van der Waals surface area contributed by atoms with Gasteiger partial charge in [-0.2, -0.15) is 0 Å². The molecular formula is C23H32N2O. The third-order valence-corrected chi connectivity index (χ3v) is 4.42. The quantitative estimate of drug-likeness (QED) is 0.340. The van der Waals surface area contributed by atoms with Gasteiger partial charge in [0, 0.05) is 24.6 Å². The van der Waals surface area contributed by atoms with Gasteiger partial charge in [-0.15, -0.1) is 6.58 Å². The van der Waals surface area contributed by atoms with Gasteiger partial charge >= 0.3 is 0 Å². The molecule has 26 heavy (non-hydrogen) atoms. The summed E-state index contributed by atoms with van der Waals surface area (Å²) >= 11 is 0. The lowest BCUT2D eigenvalue weighted by atomic mass is 10.1. The van der Waals surface area contributed by atoms with Crippen LogP contribution in [0.2, 0.25) is 0 Å². The molecule has 0 aliphatic carbocycles. The van der Waals surface area contributed by atoms with Gasteiger partial charge in [0.05, 0.1) is 11.6 Å². The van der Waals surface area contributed by atoms with Gasteiger partial charge in [0.25, 0.3) is 0 Å². The third-order valence-electron chi connectivity index (χ3n) is 4.42. The van der Waals surface area contributed by atoms with Crippen molar-refractivity contribution in [2.75, 3.05) is 6.61 Å². The molecule has 1 heterocycles. The molecule has 140 valence electrons. The van der Waals surface area contributed by atoms with Crippen LogP contribution >= 0.6 is 0 Å². The lowest BCUT2D eigenvalue weighted by Gasteiger charge is -2.12. The minimum absolute atomic E-state index is 0.364. The molecule has 2 aromatic rings. The van der Waals surface area contributed by atoms with Crippen LogP contribution in [0.25, 0.3) is 17.0 Å². The van der Waals surface area contributed by atoms with Crippen molar-refractivity contribution in [3.8, 4) is 0 Å². The number of unbranched alkanes of at least 4 members (excludes halogenated alkanes) is 3. The molecule has 1 atom stereocenters. The molecule has 0 bridgehead atoms. The first-order chi connectivity index (χ1) is 12.7. The number of aromatic nitrogens is 2. The van der Waals surface area contributed by atoms with Crippen LogP contribution in [0.1, 0.15) is 63.8 Å². The fourth-order valence-corrected chi connectivity index (χ4v) is 2.88. The van der Waals surface area contributed by atoms with Crippen LogP contribution in [-0.2, 0) is 11.2 Å². The Morgan fingerprint density at radius 3 is 2.92 bits per heavy atom. The average Bonchev–Trinajstić information content (AvgIpc) is 2.65. The normalized spacial score (nSPS) is 12.7. The first kappa shape index (κ1) is 20.3. The van der Waals surface area contributed by atoms with E-state index < -0.39 is 0 Å². The van der Waals surface area contributed by atoms with Gasteiger partial charge in [-0.05, 0) is 50.3 Å². The van der Waals surface area contributed by atoms with Crippen LogP contribution in [0.5, 0.6) is 0 Å². The smallest absolute Gasteiger partial charge is 0.132 e. The zero-order chi connectivity index (χ0) is 18.6. The first-order valence-corrected chi connectivity index (χ1v) is 9.87. The topological polar surface area (TPSA) is 35.0 Å². The Kier molecular flexibility index (Phi) is 9.05. The summed E-state index contributed by atoms with van der Waals surface area (Å²) in [6, 6.07) is 6.32. The molecule has 0 aliphatic heterocycles. The van der Waals surface area contributed by atoms with E-state index in [0.717, 1.165) is 42.6 Å². The van der Waals surface area contributed by atoms with Crippen molar-refractivity contribution in [1.29, 1.82) is 0 Å². The van der Waals surface area contributed by atoms with Crippen LogP contribution in [0.4, 0.5) is 0 Å². The van der Waals surface area contributed by atoms with E-state index in [2.05, 4.69) is 60.7 Å². The zero-order valence-corrected chi connectivity index (χ0v) is 16.3. The molecule has 0 fully saturated rings. The van der Waals surface area contributed by atoms with Crippen LogP contribution in [0.15, 0.2) is 43.1 Å². The number of rotatable bonds is 12. The summed E-state index contributed by atoms with van der Waals surface area (Å²) in [6.45, 7) is 9.04. The van der Waals surface area contributed by atoms with E-state index in [9.17, 15) is 0 Å². The lowest BCUT2D eigenvalue weighted by molar-refractivity contribution is 0.0566. The molecule has 1 aromatic heterocycles. The van der Waals surface area contributed by atoms with E-state index in [-0.39, 0.29) is 0 Å². The molecule has 3 heteroatoms. The second-order valence-corrected chi connectivity index (χ2v) is 6.82. The predicted molar refractivity (Wildman–Crippen MR) is 111 cm³/mol. The Labute approximate surface area is 158 Å². The number of fused-ring (bicyclic) bond motifs is 1. The monoisotopic (exact) mass is 352 g/mol. The highest BCUT2D eigenvalue weighted by molar-refractivity contribution is 5.80. The highest BCUT2D eigenvalue weighted by Gasteiger charge is 2.01. The van der Waals surface area contributed by atoms with Crippen LogP contribution < -0.4 is 0 Å². The average molecular weight is 353 g/mol. The van der Waals surface area contributed by atoms with Crippen molar-refractivity contribution in [3.63, 3.8) is 0 Å². The Morgan fingerprint density at radius 1 is 1.23 bits per heavy atom. The molecule has 0 spiro atoms. The maximum Gasteiger partial charge on any atom is 0.132 e. The lowest BCUT2D eigenvalue weighted by Crippen LogP contribution is -2.08. The van der Waals surface area contributed by atoms with Gasteiger partial charge in [-0.3, -0.25) is 0 Å². The van der Waals surface area contributed by atoms with Gasteiger partial charge in [-0.1, -0.05) is 44.1 Å². The van der Waals surface area contributed by atoms with E-state index in [4.69, 9.17) is 4.74 Å². The molecule has 0 saturated carbocycles. The SMILES string of the molecule is C=CCc1ncc2cc(/C=C/CCCC(C)OCCCCC)ccc2n1. The van der Waals surface area contributed by atoms with Gasteiger partial charge in [0.2, 0.25) is 0 Å². The second-order valence-electron chi connectivity index (χ2n) is 6.82. The van der Waals surface area contributed by atoms with E-state index in [0.29, 0.717) is 12.5 Å². The Balaban J connectivity index is 1.75. The summed E-state index contributed by atoms with van der Waals surface area (Å²) in [7, 11) is 0. The van der Waals surface area contributed by atoms with E-state index in [1.54, 1.807) is 0 Å². The predicted octanol–water partition coefficient (Wildman–Crippen LogP) is 6.14. The van der Waals surface area contributed by atoms with E-state index in [1.807, 2.05) is 12.3 Å². The van der Waals surface area contributed by atoms with Crippen molar-refractivity contribution in [2.24, 2.45) is 0 Å². The fraction of sp³-hybridized carbons (Fsp3) is 0.478. The Bertz CT molecular complexity index is 708. The van der Waals surface area contributed by atoms with Crippen molar-refractivity contribution in [1.82, 2.24) is 9.97 Å².